The zero-order valence-corrected chi connectivity index (χ0v) is 18.7. The van der Waals surface area contributed by atoms with Crippen LogP contribution in [0.3, 0.4) is 0 Å². The molecule has 2 atom stereocenters. The molecule has 2 aromatic heterocycles. The molecule has 4 rings (SSSR count). The van der Waals surface area contributed by atoms with Gasteiger partial charge in [-0.15, -0.1) is 5.10 Å². The van der Waals surface area contributed by atoms with Crippen LogP contribution in [0.15, 0.2) is 24.3 Å². The molecule has 0 amide bonds. The molecule has 0 aliphatic carbocycles. The number of carbonyl (C=O) groups excluding carboxylic acids is 1. The number of hydrogen-bond acceptors (Lipinski definition) is 9. The van der Waals surface area contributed by atoms with Gasteiger partial charge in [-0.2, -0.15) is 4.52 Å². The van der Waals surface area contributed by atoms with Crippen molar-refractivity contribution >= 4 is 28.0 Å². The van der Waals surface area contributed by atoms with Crippen molar-refractivity contribution in [2.24, 2.45) is 5.92 Å². The fourth-order valence-corrected chi connectivity index (χ4v) is 5.25. The van der Waals surface area contributed by atoms with E-state index in [2.05, 4.69) is 15.0 Å². The number of esters is 1. The van der Waals surface area contributed by atoms with Gasteiger partial charge < -0.3 is 9.84 Å². The number of nitro benzene ring substituents is 1. The zero-order valence-electron chi connectivity index (χ0n) is 17.9. The van der Waals surface area contributed by atoms with E-state index < -0.39 is 11.0 Å². The van der Waals surface area contributed by atoms with Crippen LogP contribution in [0.2, 0.25) is 0 Å². The Morgan fingerprint density at radius 2 is 2.12 bits per heavy atom. The predicted molar refractivity (Wildman–Crippen MR) is 118 cm³/mol. The summed E-state index contributed by atoms with van der Waals surface area (Å²) in [6.45, 7) is 5.24. The van der Waals surface area contributed by atoms with Crippen molar-refractivity contribution < 1.29 is 19.6 Å². The standard InChI is InChI=1S/C21H25N5O5S/c1-3-16-22-21-25(23-16)19(27)18(32-21)17(13-7-9-15(10-8-13)26(29)30)24-11-5-6-14(12-24)20(28)31-4-2/h7-10,14,17,27H,3-6,11-12H2,1-2H3. The first-order valence-corrected chi connectivity index (χ1v) is 11.5. The quantitative estimate of drug-likeness (QED) is 0.324. The first-order chi connectivity index (χ1) is 15.4. The van der Waals surface area contributed by atoms with Gasteiger partial charge in [0.05, 0.1) is 28.4 Å². The van der Waals surface area contributed by atoms with Gasteiger partial charge >= 0.3 is 5.97 Å². The van der Waals surface area contributed by atoms with E-state index in [4.69, 9.17) is 4.74 Å². The minimum absolute atomic E-state index is 0.00110. The van der Waals surface area contributed by atoms with Crippen molar-refractivity contribution in [3.05, 3.63) is 50.6 Å². The molecule has 32 heavy (non-hydrogen) atoms. The van der Waals surface area contributed by atoms with E-state index in [9.17, 15) is 20.0 Å². The molecule has 0 radical (unpaired) electrons. The number of thiazole rings is 1. The number of ether oxygens (including phenoxy) is 1. The summed E-state index contributed by atoms with van der Waals surface area (Å²) in [5, 5.41) is 26.5. The lowest BCUT2D eigenvalue weighted by molar-refractivity contribution is -0.384. The Kier molecular flexibility index (Phi) is 6.38. The average molecular weight is 460 g/mol. The average Bonchev–Trinajstić information content (AvgIpc) is 3.34. The van der Waals surface area contributed by atoms with E-state index in [1.807, 2.05) is 6.92 Å². The van der Waals surface area contributed by atoms with Gasteiger partial charge in [-0.3, -0.25) is 19.8 Å². The summed E-state index contributed by atoms with van der Waals surface area (Å²) in [5.41, 5.74) is 0.783. The highest BCUT2D eigenvalue weighted by atomic mass is 32.1. The number of rotatable bonds is 7. The van der Waals surface area contributed by atoms with E-state index >= 15 is 0 Å². The summed E-state index contributed by atoms with van der Waals surface area (Å²) in [7, 11) is 0. The van der Waals surface area contributed by atoms with Gasteiger partial charge in [-0.1, -0.05) is 30.4 Å². The Hall–Kier alpha value is -3.05. The van der Waals surface area contributed by atoms with E-state index in [1.165, 1.54) is 28.0 Å². The second-order valence-corrected chi connectivity index (χ2v) is 8.71. The maximum absolute atomic E-state index is 12.4. The number of fused-ring (bicyclic) bond motifs is 1. The maximum atomic E-state index is 12.4. The lowest BCUT2D eigenvalue weighted by Crippen LogP contribution is -2.41. The molecule has 10 nitrogen and oxygen atoms in total. The summed E-state index contributed by atoms with van der Waals surface area (Å²) in [5.74, 6) is 0.156. The third-order valence-corrected chi connectivity index (χ3v) is 6.74. The summed E-state index contributed by atoms with van der Waals surface area (Å²) in [4.78, 5) is 30.9. The molecule has 1 aliphatic rings. The topological polar surface area (TPSA) is 123 Å². The molecule has 3 heterocycles. The van der Waals surface area contributed by atoms with Crippen molar-refractivity contribution in [1.29, 1.82) is 0 Å². The number of hydrogen-bond donors (Lipinski definition) is 1. The van der Waals surface area contributed by atoms with E-state index in [1.54, 1.807) is 19.1 Å². The first kappa shape index (κ1) is 22.2. The molecule has 0 saturated carbocycles. The van der Waals surface area contributed by atoms with Crippen LogP contribution in [0.25, 0.3) is 4.96 Å². The van der Waals surface area contributed by atoms with Crippen LogP contribution in [0, 0.1) is 16.0 Å². The Morgan fingerprint density at radius 1 is 1.38 bits per heavy atom. The summed E-state index contributed by atoms with van der Waals surface area (Å²) in [6, 6.07) is 5.91. The highest BCUT2D eigenvalue weighted by Crippen LogP contribution is 2.41. The van der Waals surface area contributed by atoms with E-state index in [0.29, 0.717) is 41.8 Å². The Labute approximate surface area is 188 Å². The molecule has 11 heteroatoms. The lowest BCUT2D eigenvalue weighted by atomic mass is 9.94. The number of likely N-dealkylation sites (tertiary alicyclic amines) is 1. The Morgan fingerprint density at radius 3 is 2.75 bits per heavy atom. The molecule has 0 spiro atoms. The van der Waals surface area contributed by atoms with Crippen molar-refractivity contribution in [2.45, 2.75) is 39.2 Å². The van der Waals surface area contributed by atoms with E-state index in [-0.39, 0.29) is 23.5 Å². The second kappa shape index (κ2) is 9.21. The van der Waals surface area contributed by atoms with Crippen LogP contribution < -0.4 is 0 Å². The number of nitro groups is 1. The Balaban J connectivity index is 1.75. The highest BCUT2D eigenvalue weighted by Gasteiger charge is 2.35. The number of piperidine rings is 1. The molecule has 1 N–H and O–H groups in total. The van der Waals surface area contributed by atoms with Crippen LogP contribution in [-0.2, 0) is 16.0 Å². The van der Waals surface area contributed by atoms with Crippen LogP contribution >= 0.6 is 11.3 Å². The van der Waals surface area contributed by atoms with E-state index in [0.717, 1.165) is 18.4 Å². The van der Waals surface area contributed by atoms with Gasteiger partial charge in [0.25, 0.3) is 5.69 Å². The molecular weight excluding hydrogens is 434 g/mol. The smallest absolute Gasteiger partial charge is 0.310 e. The predicted octanol–water partition coefficient (Wildman–Crippen LogP) is 3.33. The number of benzene rings is 1. The third kappa shape index (κ3) is 4.17. The monoisotopic (exact) mass is 459 g/mol. The summed E-state index contributed by atoms with van der Waals surface area (Å²) in [6.07, 6.45) is 2.19. The second-order valence-electron chi connectivity index (χ2n) is 7.70. The third-order valence-electron chi connectivity index (χ3n) is 5.67. The summed E-state index contributed by atoms with van der Waals surface area (Å²) < 4.78 is 6.67. The van der Waals surface area contributed by atoms with Crippen molar-refractivity contribution in [1.82, 2.24) is 19.5 Å². The fraction of sp³-hybridized carbons (Fsp3) is 0.476. The van der Waals surface area contributed by atoms with Gasteiger partial charge in [0, 0.05) is 25.1 Å². The van der Waals surface area contributed by atoms with Gasteiger partial charge in [0.2, 0.25) is 10.8 Å². The zero-order chi connectivity index (χ0) is 22.8. The van der Waals surface area contributed by atoms with Crippen LogP contribution in [0.5, 0.6) is 5.88 Å². The molecule has 1 fully saturated rings. The molecule has 3 aromatic rings. The van der Waals surface area contributed by atoms with Crippen molar-refractivity contribution in [3.63, 3.8) is 0 Å². The molecule has 0 bridgehead atoms. The number of aromatic hydroxyl groups is 1. The van der Waals surface area contributed by atoms with Crippen molar-refractivity contribution in [2.75, 3.05) is 19.7 Å². The summed E-state index contributed by atoms with van der Waals surface area (Å²) >= 11 is 1.33. The molecule has 1 aliphatic heterocycles. The molecule has 1 aromatic carbocycles. The van der Waals surface area contributed by atoms with Gasteiger partial charge in [0.1, 0.15) is 0 Å². The molecule has 1 saturated heterocycles. The van der Waals surface area contributed by atoms with Crippen LogP contribution in [-0.4, -0.2) is 55.2 Å². The fourth-order valence-electron chi connectivity index (χ4n) is 4.12. The maximum Gasteiger partial charge on any atom is 0.310 e. The number of aryl methyl sites for hydroxylation is 1. The first-order valence-electron chi connectivity index (χ1n) is 10.6. The normalized spacial score (nSPS) is 18.0. The number of aromatic nitrogens is 3. The van der Waals surface area contributed by atoms with Gasteiger partial charge in [-0.25, -0.2) is 4.98 Å². The minimum Gasteiger partial charge on any atom is -0.492 e. The number of carbonyl (C=O) groups is 1. The molecule has 2 unspecified atom stereocenters. The Bertz CT molecular complexity index is 1130. The van der Waals surface area contributed by atoms with Crippen LogP contribution in [0.4, 0.5) is 5.69 Å². The van der Waals surface area contributed by atoms with Gasteiger partial charge in [0.15, 0.2) is 5.82 Å². The molecule has 170 valence electrons. The molecular formula is C21H25N5O5S. The lowest BCUT2D eigenvalue weighted by Gasteiger charge is -2.37. The number of non-ortho nitro benzene ring substituents is 1. The van der Waals surface area contributed by atoms with Crippen molar-refractivity contribution in [3.8, 4) is 5.88 Å². The van der Waals surface area contributed by atoms with Crippen LogP contribution in [0.1, 0.15) is 49.0 Å². The largest absolute Gasteiger partial charge is 0.492 e. The SMILES string of the molecule is CCOC(=O)C1CCCN(C(c2ccc([N+](=O)[O-])cc2)c2sc3nc(CC)nn3c2O)C1. The number of nitrogens with zero attached hydrogens (tertiary/aromatic N) is 5. The highest BCUT2D eigenvalue weighted by molar-refractivity contribution is 7.17. The van der Waals surface area contributed by atoms with Gasteiger partial charge in [-0.05, 0) is 31.9 Å². The minimum atomic E-state index is -0.441.